The van der Waals surface area contributed by atoms with Gasteiger partial charge >= 0.3 is 5.97 Å². The molecule has 5 heteroatoms. The average Bonchev–Trinajstić information content (AvgIpc) is 2.53. The second kappa shape index (κ2) is 7.59. The van der Waals surface area contributed by atoms with Crippen LogP contribution in [-0.4, -0.2) is 24.0 Å². The van der Waals surface area contributed by atoms with Crippen molar-refractivity contribution in [2.24, 2.45) is 11.7 Å². The minimum absolute atomic E-state index is 0.0177. The molecule has 2 rings (SSSR count). The number of esters is 1. The van der Waals surface area contributed by atoms with Crippen LogP contribution in [0.15, 0.2) is 24.3 Å². The number of hydrogen-bond acceptors (Lipinski definition) is 4. The normalized spacial score (nSPS) is 24.0. The molecule has 3 N–H and O–H groups in total. The number of carbonyl (C=O) groups is 2. The highest BCUT2D eigenvalue weighted by Gasteiger charge is 2.37. The molecule has 126 valence electrons. The Hall–Kier alpha value is -1.88. The van der Waals surface area contributed by atoms with Gasteiger partial charge in [-0.05, 0) is 44.4 Å². The van der Waals surface area contributed by atoms with Crippen LogP contribution in [-0.2, 0) is 16.1 Å². The first kappa shape index (κ1) is 17.5. The molecule has 1 aliphatic rings. The van der Waals surface area contributed by atoms with Gasteiger partial charge in [-0.3, -0.25) is 4.79 Å². The zero-order chi connectivity index (χ0) is 16.9. The van der Waals surface area contributed by atoms with Gasteiger partial charge < -0.3 is 15.8 Å². The van der Waals surface area contributed by atoms with Crippen LogP contribution in [0.4, 0.5) is 0 Å². The largest absolute Gasteiger partial charge is 0.462 e. The SMILES string of the molecule is CCOC(=O)c1ccc(CNC(=O)C2CCCCC2(C)N)cc1. The predicted octanol–water partition coefficient (Wildman–Crippen LogP) is 2.39. The Morgan fingerprint density at radius 1 is 1.30 bits per heavy atom. The van der Waals surface area contributed by atoms with Gasteiger partial charge in [0.2, 0.25) is 5.91 Å². The molecule has 0 heterocycles. The highest BCUT2D eigenvalue weighted by molar-refractivity contribution is 5.89. The van der Waals surface area contributed by atoms with E-state index in [0.29, 0.717) is 18.7 Å². The highest BCUT2D eigenvalue weighted by atomic mass is 16.5. The van der Waals surface area contributed by atoms with Crippen molar-refractivity contribution < 1.29 is 14.3 Å². The van der Waals surface area contributed by atoms with E-state index in [9.17, 15) is 9.59 Å². The third kappa shape index (κ3) is 4.55. The average molecular weight is 318 g/mol. The maximum Gasteiger partial charge on any atom is 0.338 e. The molecule has 1 aliphatic carbocycles. The van der Waals surface area contributed by atoms with Crippen LogP contribution in [0.1, 0.15) is 55.5 Å². The van der Waals surface area contributed by atoms with E-state index in [2.05, 4.69) is 5.32 Å². The number of nitrogens with two attached hydrogens (primary N) is 1. The Balaban J connectivity index is 1.90. The molecule has 0 aliphatic heterocycles. The van der Waals surface area contributed by atoms with Gasteiger partial charge in [0, 0.05) is 12.1 Å². The van der Waals surface area contributed by atoms with E-state index in [1.165, 1.54) is 0 Å². The summed E-state index contributed by atoms with van der Waals surface area (Å²) in [7, 11) is 0. The van der Waals surface area contributed by atoms with Gasteiger partial charge in [0.25, 0.3) is 0 Å². The molecule has 0 bridgehead atoms. The molecule has 0 aromatic heterocycles. The van der Waals surface area contributed by atoms with Crippen molar-refractivity contribution in [3.63, 3.8) is 0 Å². The summed E-state index contributed by atoms with van der Waals surface area (Å²) in [5.74, 6) is -0.441. The van der Waals surface area contributed by atoms with Gasteiger partial charge in [0.1, 0.15) is 0 Å². The molecule has 1 saturated carbocycles. The van der Waals surface area contributed by atoms with Crippen molar-refractivity contribution in [2.45, 2.75) is 51.6 Å². The molecule has 1 aromatic carbocycles. The maximum atomic E-state index is 12.4. The van der Waals surface area contributed by atoms with Gasteiger partial charge in [-0.15, -0.1) is 0 Å². The van der Waals surface area contributed by atoms with E-state index in [-0.39, 0.29) is 17.8 Å². The van der Waals surface area contributed by atoms with Crippen LogP contribution in [0.25, 0.3) is 0 Å². The summed E-state index contributed by atoms with van der Waals surface area (Å²) in [6, 6.07) is 7.09. The molecule has 0 radical (unpaired) electrons. The Bertz CT molecular complexity index is 552. The highest BCUT2D eigenvalue weighted by Crippen LogP contribution is 2.31. The fraction of sp³-hybridized carbons (Fsp3) is 0.556. The molecule has 0 saturated heterocycles. The summed E-state index contributed by atoms with van der Waals surface area (Å²) in [4.78, 5) is 24.0. The van der Waals surface area contributed by atoms with E-state index < -0.39 is 5.54 Å². The Labute approximate surface area is 137 Å². The molecule has 1 amide bonds. The number of ether oxygens (including phenoxy) is 1. The van der Waals surface area contributed by atoms with Crippen LogP contribution in [0.5, 0.6) is 0 Å². The van der Waals surface area contributed by atoms with Crippen molar-refractivity contribution in [2.75, 3.05) is 6.61 Å². The molecule has 23 heavy (non-hydrogen) atoms. The molecule has 2 atom stereocenters. The van der Waals surface area contributed by atoms with Crippen molar-refractivity contribution in [1.29, 1.82) is 0 Å². The summed E-state index contributed by atoms with van der Waals surface area (Å²) in [6.07, 6.45) is 3.88. The van der Waals surface area contributed by atoms with E-state index in [0.717, 1.165) is 31.2 Å². The van der Waals surface area contributed by atoms with Crippen molar-refractivity contribution in [3.05, 3.63) is 35.4 Å². The van der Waals surface area contributed by atoms with E-state index in [1.807, 2.05) is 19.1 Å². The van der Waals surface area contributed by atoms with Gasteiger partial charge in [0.05, 0.1) is 18.1 Å². The minimum atomic E-state index is -0.421. The molecule has 0 spiro atoms. The van der Waals surface area contributed by atoms with Crippen LogP contribution in [0.2, 0.25) is 0 Å². The monoisotopic (exact) mass is 318 g/mol. The van der Waals surface area contributed by atoms with Crippen molar-refractivity contribution >= 4 is 11.9 Å². The molecule has 5 nitrogen and oxygen atoms in total. The zero-order valence-electron chi connectivity index (χ0n) is 13.9. The zero-order valence-corrected chi connectivity index (χ0v) is 13.9. The van der Waals surface area contributed by atoms with Gasteiger partial charge in [-0.25, -0.2) is 4.79 Å². The van der Waals surface area contributed by atoms with E-state index in [1.54, 1.807) is 19.1 Å². The summed E-state index contributed by atoms with van der Waals surface area (Å²) < 4.78 is 4.95. The molecule has 2 unspecified atom stereocenters. The summed E-state index contributed by atoms with van der Waals surface area (Å²) in [5, 5.41) is 2.96. The predicted molar refractivity (Wildman–Crippen MR) is 88.8 cm³/mol. The number of carbonyl (C=O) groups excluding carboxylic acids is 2. The van der Waals surface area contributed by atoms with Crippen molar-refractivity contribution in [3.8, 4) is 0 Å². The summed E-state index contributed by atoms with van der Waals surface area (Å²) >= 11 is 0. The lowest BCUT2D eigenvalue weighted by atomic mass is 9.74. The topological polar surface area (TPSA) is 81.4 Å². The first-order valence-electron chi connectivity index (χ1n) is 8.26. The maximum absolute atomic E-state index is 12.4. The Morgan fingerprint density at radius 3 is 2.61 bits per heavy atom. The standard InChI is InChI=1S/C18H26N2O3/c1-3-23-17(22)14-9-7-13(8-10-14)12-20-16(21)15-6-4-5-11-18(15,2)19/h7-10,15H,3-6,11-12,19H2,1-2H3,(H,20,21). The quantitative estimate of drug-likeness (QED) is 0.817. The second-order valence-electron chi connectivity index (χ2n) is 6.44. The van der Waals surface area contributed by atoms with Crippen LogP contribution >= 0.6 is 0 Å². The van der Waals surface area contributed by atoms with E-state index >= 15 is 0 Å². The molecular formula is C18H26N2O3. The third-order valence-corrected chi connectivity index (χ3v) is 4.50. The molecule has 1 fully saturated rings. The van der Waals surface area contributed by atoms with Crippen LogP contribution < -0.4 is 11.1 Å². The van der Waals surface area contributed by atoms with Gasteiger partial charge in [-0.1, -0.05) is 25.0 Å². The second-order valence-corrected chi connectivity index (χ2v) is 6.44. The van der Waals surface area contributed by atoms with Crippen LogP contribution in [0.3, 0.4) is 0 Å². The first-order valence-corrected chi connectivity index (χ1v) is 8.26. The number of rotatable bonds is 5. The van der Waals surface area contributed by atoms with E-state index in [4.69, 9.17) is 10.5 Å². The lowest BCUT2D eigenvalue weighted by molar-refractivity contribution is -0.128. The fourth-order valence-electron chi connectivity index (χ4n) is 3.07. The van der Waals surface area contributed by atoms with Crippen molar-refractivity contribution in [1.82, 2.24) is 5.32 Å². The fourth-order valence-corrected chi connectivity index (χ4v) is 3.07. The molecular weight excluding hydrogens is 292 g/mol. The number of nitrogens with one attached hydrogen (secondary N) is 1. The first-order chi connectivity index (χ1) is 10.9. The summed E-state index contributed by atoms with van der Waals surface area (Å²) in [5.41, 5.74) is 7.30. The van der Waals surface area contributed by atoms with Gasteiger partial charge in [-0.2, -0.15) is 0 Å². The van der Waals surface area contributed by atoms with Crippen LogP contribution in [0, 0.1) is 5.92 Å². The smallest absolute Gasteiger partial charge is 0.338 e. The Morgan fingerprint density at radius 2 is 2.00 bits per heavy atom. The lowest BCUT2D eigenvalue weighted by Crippen LogP contribution is -2.52. The number of amides is 1. The molecule has 1 aromatic rings. The minimum Gasteiger partial charge on any atom is -0.462 e. The third-order valence-electron chi connectivity index (χ3n) is 4.50. The summed E-state index contributed by atoms with van der Waals surface area (Å²) in [6.45, 7) is 4.53. The number of hydrogen-bond donors (Lipinski definition) is 2. The lowest BCUT2D eigenvalue weighted by Gasteiger charge is -2.37. The van der Waals surface area contributed by atoms with Gasteiger partial charge in [0.15, 0.2) is 0 Å². The number of benzene rings is 1. The Kier molecular flexibility index (Phi) is 5.77.